The Hall–Kier alpha value is -2.02. The van der Waals surface area contributed by atoms with Crippen LogP contribution in [0, 0.1) is 0 Å². The second kappa shape index (κ2) is 7.25. The number of nitrogens with zero attached hydrogens (tertiary/aromatic N) is 2. The van der Waals surface area contributed by atoms with Crippen molar-refractivity contribution in [2.24, 2.45) is 0 Å². The van der Waals surface area contributed by atoms with Crippen LogP contribution in [0.5, 0.6) is 5.75 Å². The van der Waals surface area contributed by atoms with Crippen molar-refractivity contribution in [1.29, 1.82) is 0 Å². The molecule has 8 heteroatoms. The van der Waals surface area contributed by atoms with Crippen LogP contribution in [0.1, 0.15) is 5.56 Å². The molecule has 1 aromatic carbocycles. The molecule has 0 saturated carbocycles. The number of ether oxygens (including phenoxy) is 1. The molecule has 1 fully saturated rings. The maximum atomic E-state index is 11.8. The molecule has 1 aliphatic heterocycles. The van der Waals surface area contributed by atoms with Gasteiger partial charge in [-0.1, -0.05) is 29.3 Å². The van der Waals surface area contributed by atoms with Gasteiger partial charge in [0.15, 0.2) is 0 Å². The minimum absolute atomic E-state index is 0.109. The van der Waals surface area contributed by atoms with Gasteiger partial charge in [-0.05, 0) is 24.3 Å². The van der Waals surface area contributed by atoms with Crippen molar-refractivity contribution in [1.82, 2.24) is 10.3 Å². The van der Waals surface area contributed by atoms with Gasteiger partial charge < -0.3 is 15.2 Å². The number of anilines is 1. The van der Waals surface area contributed by atoms with Gasteiger partial charge in [0.2, 0.25) is 0 Å². The highest BCUT2D eigenvalue weighted by Gasteiger charge is 2.29. The number of hydrogen-bond acceptors (Lipinski definition) is 4. The summed E-state index contributed by atoms with van der Waals surface area (Å²) in [6.45, 7) is 0.482. The Balaban J connectivity index is 1.66. The number of rotatable bonds is 5. The van der Waals surface area contributed by atoms with Crippen molar-refractivity contribution in [3.63, 3.8) is 0 Å². The van der Waals surface area contributed by atoms with Crippen LogP contribution in [0.4, 0.5) is 10.6 Å². The molecule has 0 unspecified atom stereocenters. The highest BCUT2D eigenvalue weighted by atomic mass is 35.5. The van der Waals surface area contributed by atoms with Gasteiger partial charge in [0.1, 0.15) is 18.2 Å². The molecule has 1 atom stereocenters. The van der Waals surface area contributed by atoms with E-state index in [2.05, 4.69) is 10.3 Å². The first-order valence-electron chi connectivity index (χ1n) is 7.29. The molecule has 2 aromatic rings. The standard InChI is InChI=1S/C16H15Cl2N3O3/c17-13-2-1-3-14(18)12(13)9-24-11-4-5-15(19-6-11)21-7-10(8-22)20-16(21)23/h1-6,10,22H,7-9H2,(H,20,23)/t10-/m0/s1. The Labute approximate surface area is 149 Å². The van der Waals surface area contributed by atoms with E-state index in [9.17, 15) is 4.79 Å². The average Bonchev–Trinajstić information content (AvgIpc) is 2.96. The highest BCUT2D eigenvalue weighted by molar-refractivity contribution is 6.35. The lowest BCUT2D eigenvalue weighted by molar-refractivity contribution is 0.239. The van der Waals surface area contributed by atoms with Crippen molar-refractivity contribution >= 4 is 35.1 Å². The zero-order valence-electron chi connectivity index (χ0n) is 12.6. The molecule has 0 spiro atoms. The second-order valence-electron chi connectivity index (χ2n) is 5.28. The maximum Gasteiger partial charge on any atom is 0.323 e. The zero-order valence-corrected chi connectivity index (χ0v) is 14.1. The molecule has 24 heavy (non-hydrogen) atoms. The van der Waals surface area contributed by atoms with E-state index in [1.165, 1.54) is 11.1 Å². The first kappa shape index (κ1) is 16.8. The summed E-state index contributed by atoms with van der Waals surface area (Å²) < 4.78 is 5.65. The number of aromatic nitrogens is 1. The Bertz CT molecular complexity index is 720. The van der Waals surface area contributed by atoms with Gasteiger partial charge in [-0.25, -0.2) is 9.78 Å². The number of amides is 2. The fraction of sp³-hybridized carbons (Fsp3) is 0.250. The largest absolute Gasteiger partial charge is 0.487 e. The molecular weight excluding hydrogens is 353 g/mol. The van der Waals surface area contributed by atoms with E-state index in [1.807, 2.05) is 0 Å². The van der Waals surface area contributed by atoms with Crippen LogP contribution < -0.4 is 15.0 Å². The van der Waals surface area contributed by atoms with Crippen molar-refractivity contribution in [2.75, 3.05) is 18.1 Å². The van der Waals surface area contributed by atoms with Crippen LogP contribution >= 0.6 is 23.2 Å². The quantitative estimate of drug-likeness (QED) is 0.851. The van der Waals surface area contributed by atoms with Crippen molar-refractivity contribution < 1.29 is 14.6 Å². The van der Waals surface area contributed by atoms with Crippen molar-refractivity contribution in [3.8, 4) is 5.75 Å². The number of carbonyl (C=O) groups is 1. The molecule has 0 radical (unpaired) electrons. The topological polar surface area (TPSA) is 74.7 Å². The SMILES string of the molecule is O=C1N[C@H](CO)CN1c1ccc(OCc2c(Cl)cccc2Cl)cn1. The first-order chi connectivity index (χ1) is 11.6. The first-order valence-corrected chi connectivity index (χ1v) is 8.04. The third-order valence-electron chi connectivity index (χ3n) is 3.64. The lowest BCUT2D eigenvalue weighted by Crippen LogP contribution is -2.30. The zero-order chi connectivity index (χ0) is 17.1. The van der Waals surface area contributed by atoms with E-state index in [4.69, 9.17) is 33.0 Å². The fourth-order valence-corrected chi connectivity index (χ4v) is 2.85. The van der Waals surface area contributed by atoms with E-state index in [0.717, 1.165) is 0 Å². The predicted molar refractivity (Wildman–Crippen MR) is 91.8 cm³/mol. The lowest BCUT2D eigenvalue weighted by atomic mass is 10.2. The molecule has 0 bridgehead atoms. The predicted octanol–water partition coefficient (Wildman–Crippen LogP) is 2.86. The molecule has 0 aliphatic carbocycles. The van der Waals surface area contributed by atoms with E-state index in [1.54, 1.807) is 30.3 Å². The molecule has 2 heterocycles. The number of aliphatic hydroxyl groups excluding tert-OH is 1. The number of carbonyl (C=O) groups excluding carboxylic acids is 1. The third-order valence-corrected chi connectivity index (χ3v) is 4.35. The van der Waals surface area contributed by atoms with Gasteiger partial charge in [0, 0.05) is 15.6 Å². The summed E-state index contributed by atoms with van der Waals surface area (Å²) in [4.78, 5) is 17.5. The number of benzene rings is 1. The molecule has 3 rings (SSSR count). The Morgan fingerprint density at radius 3 is 2.62 bits per heavy atom. The molecule has 1 aromatic heterocycles. The third kappa shape index (κ3) is 3.56. The highest BCUT2D eigenvalue weighted by Crippen LogP contribution is 2.26. The molecule has 1 aliphatic rings. The Morgan fingerprint density at radius 1 is 1.29 bits per heavy atom. The van der Waals surface area contributed by atoms with E-state index in [0.29, 0.717) is 33.7 Å². The van der Waals surface area contributed by atoms with Gasteiger partial charge in [0.25, 0.3) is 0 Å². The number of hydrogen-bond donors (Lipinski definition) is 2. The van der Waals surface area contributed by atoms with Crippen molar-refractivity contribution in [3.05, 3.63) is 52.1 Å². The molecule has 2 N–H and O–H groups in total. The van der Waals surface area contributed by atoms with Crippen LogP contribution in [0.25, 0.3) is 0 Å². The Morgan fingerprint density at radius 2 is 2.04 bits per heavy atom. The number of pyridine rings is 1. The summed E-state index contributed by atoms with van der Waals surface area (Å²) >= 11 is 12.2. The summed E-state index contributed by atoms with van der Waals surface area (Å²) in [5, 5.41) is 12.9. The second-order valence-corrected chi connectivity index (χ2v) is 6.09. The van der Waals surface area contributed by atoms with Crippen molar-refractivity contribution in [2.45, 2.75) is 12.6 Å². The summed E-state index contributed by atoms with van der Waals surface area (Å²) in [5.41, 5.74) is 0.703. The Kier molecular flexibility index (Phi) is 5.08. The van der Waals surface area contributed by atoms with Crippen LogP contribution in [-0.4, -0.2) is 35.3 Å². The number of halogens is 2. The number of urea groups is 1. The smallest absolute Gasteiger partial charge is 0.323 e. The van der Waals surface area contributed by atoms with E-state index in [-0.39, 0.29) is 25.3 Å². The summed E-state index contributed by atoms with van der Waals surface area (Å²) in [6.07, 6.45) is 1.53. The molecule has 126 valence electrons. The monoisotopic (exact) mass is 367 g/mol. The summed E-state index contributed by atoms with van der Waals surface area (Å²) in [5.74, 6) is 1.03. The van der Waals surface area contributed by atoms with Crippen LogP contribution in [0.15, 0.2) is 36.5 Å². The molecule has 2 amide bonds. The van der Waals surface area contributed by atoms with Gasteiger partial charge in [-0.3, -0.25) is 4.90 Å². The fourth-order valence-electron chi connectivity index (χ4n) is 2.35. The van der Waals surface area contributed by atoms with Gasteiger partial charge >= 0.3 is 6.03 Å². The number of aliphatic hydroxyl groups is 1. The maximum absolute atomic E-state index is 11.8. The lowest BCUT2D eigenvalue weighted by Gasteiger charge is -2.14. The summed E-state index contributed by atoms with van der Waals surface area (Å²) in [6, 6.07) is 8.10. The van der Waals surface area contributed by atoms with Crippen LogP contribution in [0.2, 0.25) is 10.0 Å². The molecule has 6 nitrogen and oxygen atoms in total. The molecular formula is C16H15Cl2N3O3. The van der Waals surface area contributed by atoms with Gasteiger partial charge in [0.05, 0.1) is 25.4 Å². The van der Waals surface area contributed by atoms with Gasteiger partial charge in [-0.15, -0.1) is 0 Å². The number of nitrogens with one attached hydrogen (secondary N) is 1. The normalized spacial score (nSPS) is 17.0. The van der Waals surface area contributed by atoms with E-state index < -0.39 is 0 Å². The molecule has 1 saturated heterocycles. The minimum atomic E-state index is -0.280. The van der Waals surface area contributed by atoms with E-state index >= 15 is 0 Å². The minimum Gasteiger partial charge on any atom is -0.487 e. The average molecular weight is 368 g/mol. The van der Waals surface area contributed by atoms with Gasteiger partial charge in [-0.2, -0.15) is 0 Å². The van der Waals surface area contributed by atoms with Crippen LogP contribution in [-0.2, 0) is 6.61 Å². The van der Waals surface area contributed by atoms with Crippen LogP contribution in [0.3, 0.4) is 0 Å². The summed E-state index contributed by atoms with van der Waals surface area (Å²) in [7, 11) is 0.